The predicted molar refractivity (Wildman–Crippen MR) is 111 cm³/mol. The molecule has 2 aliphatic rings. The molecule has 1 aromatic rings. The van der Waals surface area contributed by atoms with Crippen molar-refractivity contribution in [3.8, 4) is 0 Å². The van der Waals surface area contributed by atoms with Crippen molar-refractivity contribution in [2.45, 2.75) is 66.8 Å². The number of Topliss-reactive ketones (excluding diaryl/α,β-unsaturated/α-hetero) is 1. The van der Waals surface area contributed by atoms with E-state index < -0.39 is 11.7 Å². The van der Waals surface area contributed by atoms with Gasteiger partial charge in [-0.1, -0.05) is 31.6 Å². The summed E-state index contributed by atoms with van der Waals surface area (Å²) in [6, 6.07) is -0.100. The van der Waals surface area contributed by atoms with Crippen LogP contribution in [-0.2, 0) is 4.79 Å². The first-order valence-electron chi connectivity index (χ1n) is 9.89. The number of aryl methyl sites for hydroxylation is 1. The SMILES string of the molecule is CCC1=C(Nc2nc(C)c3c(n2)N(C(C)CC)C(=O)C3=O)C(C)=CC(C)=CC1. The van der Waals surface area contributed by atoms with E-state index in [1.54, 1.807) is 6.92 Å². The Morgan fingerprint density at radius 3 is 2.54 bits per heavy atom. The van der Waals surface area contributed by atoms with Crippen molar-refractivity contribution in [1.82, 2.24) is 9.97 Å². The second-order valence-electron chi connectivity index (χ2n) is 7.53. The first-order valence-corrected chi connectivity index (χ1v) is 9.89. The number of allylic oxidation sites excluding steroid dienone is 5. The Morgan fingerprint density at radius 1 is 1.18 bits per heavy atom. The number of anilines is 2. The molecule has 1 N–H and O–H groups in total. The monoisotopic (exact) mass is 380 g/mol. The van der Waals surface area contributed by atoms with Crippen LogP contribution in [-0.4, -0.2) is 27.7 Å². The van der Waals surface area contributed by atoms with Gasteiger partial charge in [0.1, 0.15) is 0 Å². The van der Waals surface area contributed by atoms with Crippen molar-refractivity contribution in [2.75, 3.05) is 10.2 Å². The molecule has 0 radical (unpaired) electrons. The number of hydrogen-bond acceptors (Lipinski definition) is 5. The van der Waals surface area contributed by atoms with E-state index in [1.165, 1.54) is 16.0 Å². The first kappa shape index (κ1) is 20.0. The molecule has 1 amide bonds. The van der Waals surface area contributed by atoms with E-state index in [4.69, 9.17) is 0 Å². The molecule has 148 valence electrons. The van der Waals surface area contributed by atoms with Crippen LogP contribution in [0.3, 0.4) is 0 Å². The van der Waals surface area contributed by atoms with Gasteiger partial charge in [-0.2, -0.15) is 4.98 Å². The number of fused-ring (bicyclic) bond motifs is 1. The van der Waals surface area contributed by atoms with E-state index in [0.717, 1.165) is 30.5 Å². The highest BCUT2D eigenvalue weighted by Crippen LogP contribution is 2.33. The number of amides is 1. The molecule has 0 aromatic carbocycles. The normalized spacial score (nSPS) is 18.0. The van der Waals surface area contributed by atoms with E-state index in [-0.39, 0.29) is 6.04 Å². The Hall–Kier alpha value is -2.76. The number of carbonyl (C=O) groups excluding carboxylic acids is 2. The number of nitrogens with one attached hydrogen (secondary N) is 1. The number of hydrogen-bond donors (Lipinski definition) is 1. The average molecular weight is 380 g/mol. The highest BCUT2D eigenvalue weighted by atomic mass is 16.2. The lowest BCUT2D eigenvalue weighted by Crippen LogP contribution is -2.37. The summed E-state index contributed by atoms with van der Waals surface area (Å²) in [5, 5.41) is 3.38. The van der Waals surface area contributed by atoms with Gasteiger partial charge in [0.15, 0.2) is 5.82 Å². The van der Waals surface area contributed by atoms with E-state index >= 15 is 0 Å². The molecule has 0 saturated carbocycles. The maximum atomic E-state index is 12.5. The van der Waals surface area contributed by atoms with Gasteiger partial charge in [-0.15, -0.1) is 0 Å². The summed E-state index contributed by atoms with van der Waals surface area (Å²) in [6.07, 6.45) is 6.88. The molecule has 1 atom stereocenters. The van der Waals surface area contributed by atoms with Gasteiger partial charge in [0.05, 0.1) is 11.3 Å². The third-order valence-corrected chi connectivity index (χ3v) is 5.50. The lowest BCUT2D eigenvalue weighted by Gasteiger charge is -2.23. The van der Waals surface area contributed by atoms with Crippen LogP contribution in [0.5, 0.6) is 0 Å². The molecule has 1 aromatic heterocycles. The minimum Gasteiger partial charge on any atom is -0.324 e. The number of nitrogens with zero attached hydrogens (tertiary/aromatic N) is 3. The summed E-state index contributed by atoms with van der Waals surface area (Å²) in [7, 11) is 0. The summed E-state index contributed by atoms with van der Waals surface area (Å²) in [5.74, 6) is -0.196. The topological polar surface area (TPSA) is 75.2 Å². The van der Waals surface area contributed by atoms with E-state index in [1.807, 2.05) is 13.8 Å². The van der Waals surface area contributed by atoms with Crippen LogP contribution in [0.25, 0.3) is 0 Å². The fourth-order valence-electron chi connectivity index (χ4n) is 3.72. The van der Waals surface area contributed by atoms with Crippen molar-refractivity contribution < 1.29 is 9.59 Å². The Kier molecular flexibility index (Phi) is 5.49. The highest BCUT2D eigenvalue weighted by molar-refractivity contribution is 6.52. The van der Waals surface area contributed by atoms with Gasteiger partial charge in [-0.3, -0.25) is 14.5 Å². The Morgan fingerprint density at radius 2 is 1.89 bits per heavy atom. The van der Waals surface area contributed by atoms with Crippen molar-refractivity contribution >= 4 is 23.5 Å². The predicted octanol–water partition coefficient (Wildman–Crippen LogP) is 4.49. The van der Waals surface area contributed by atoms with Crippen molar-refractivity contribution in [1.29, 1.82) is 0 Å². The largest absolute Gasteiger partial charge is 0.324 e. The van der Waals surface area contributed by atoms with Gasteiger partial charge in [-0.05, 0) is 58.1 Å². The van der Waals surface area contributed by atoms with Gasteiger partial charge >= 0.3 is 5.91 Å². The summed E-state index contributed by atoms with van der Waals surface area (Å²) in [4.78, 5) is 35.6. The number of rotatable bonds is 5. The molecule has 1 unspecified atom stereocenters. The maximum absolute atomic E-state index is 12.5. The van der Waals surface area contributed by atoms with Gasteiger partial charge in [0, 0.05) is 11.7 Å². The summed E-state index contributed by atoms with van der Waals surface area (Å²) in [5.41, 5.74) is 5.49. The highest BCUT2D eigenvalue weighted by Gasteiger charge is 2.41. The van der Waals surface area contributed by atoms with Crippen molar-refractivity contribution in [3.63, 3.8) is 0 Å². The Labute approximate surface area is 166 Å². The molecule has 1 aliphatic heterocycles. The van der Waals surface area contributed by atoms with Gasteiger partial charge < -0.3 is 5.32 Å². The molecule has 3 rings (SSSR count). The lowest BCUT2D eigenvalue weighted by atomic mass is 10.0. The van der Waals surface area contributed by atoms with Crippen LogP contribution in [0.2, 0.25) is 0 Å². The number of ketones is 1. The van der Waals surface area contributed by atoms with Crippen LogP contribution >= 0.6 is 0 Å². The average Bonchev–Trinajstić information content (AvgIpc) is 2.82. The second kappa shape index (κ2) is 7.70. The van der Waals surface area contributed by atoms with Crippen molar-refractivity contribution in [2.24, 2.45) is 0 Å². The Bertz CT molecular complexity index is 940. The minimum absolute atomic E-state index is 0.100. The van der Waals surface area contributed by atoms with E-state index in [9.17, 15) is 9.59 Å². The molecular formula is C22H28N4O2. The molecule has 6 nitrogen and oxygen atoms in total. The van der Waals surface area contributed by atoms with Crippen LogP contribution in [0.15, 0.2) is 34.6 Å². The number of carbonyl (C=O) groups is 2. The zero-order valence-corrected chi connectivity index (χ0v) is 17.5. The van der Waals surface area contributed by atoms with Crippen molar-refractivity contribution in [3.05, 3.63) is 45.8 Å². The van der Waals surface area contributed by atoms with Crippen LogP contribution < -0.4 is 10.2 Å². The van der Waals surface area contributed by atoms with Gasteiger partial charge in [-0.25, -0.2) is 4.98 Å². The molecule has 0 spiro atoms. The molecule has 6 heteroatoms. The second-order valence-corrected chi connectivity index (χ2v) is 7.53. The van der Waals surface area contributed by atoms with Crippen LogP contribution in [0.1, 0.15) is 69.9 Å². The summed E-state index contributed by atoms with van der Waals surface area (Å²) >= 11 is 0. The molecule has 2 heterocycles. The maximum Gasteiger partial charge on any atom is 0.301 e. The van der Waals surface area contributed by atoms with Gasteiger partial charge in [0.25, 0.3) is 5.78 Å². The quantitative estimate of drug-likeness (QED) is 0.762. The molecule has 0 saturated heterocycles. The fourth-order valence-corrected chi connectivity index (χ4v) is 3.72. The zero-order valence-electron chi connectivity index (χ0n) is 17.5. The van der Waals surface area contributed by atoms with Gasteiger partial charge in [0.2, 0.25) is 5.95 Å². The third-order valence-electron chi connectivity index (χ3n) is 5.50. The van der Waals surface area contributed by atoms with E-state index in [0.29, 0.717) is 23.0 Å². The molecule has 28 heavy (non-hydrogen) atoms. The minimum atomic E-state index is -0.516. The molecule has 0 bridgehead atoms. The third kappa shape index (κ3) is 3.39. The molecule has 0 fully saturated rings. The Balaban J connectivity index is 2.06. The summed E-state index contributed by atoms with van der Waals surface area (Å²) in [6.45, 7) is 12.0. The smallest absolute Gasteiger partial charge is 0.301 e. The molecule has 1 aliphatic carbocycles. The van der Waals surface area contributed by atoms with E-state index in [2.05, 4.69) is 48.2 Å². The number of aromatic nitrogens is 2. The van der Waals surface area contributed by atoms with Crippen LogP contribution in [0.4, 0.5) is 11.8 Å². The fraction of sp³-hybridized carbons (Fsp3) is 0.455. The molecular weight excluding hydrogens is 352 g/mol. The first-order chi connectivity index (χ1) is 13.3. The zero-order chi connectivity index (χ0) is 20.6. The summed E-state index contributed by atoms with van der Waals surface area (Å²) < 4.78 is 0. The standard InChI is InChI=1S/C22H28N4O2/c1-7-14(5)26-20-17(19(27)21(26)28)15(6)23-22(25-20)24-18-13(4)11-12(3)9-10-16(18)8-2/h9,11,14H,7-8,10H2,1-6H3,(H,23,24,25). The lowest BCUT2D eigenvalue weighted by molar-refractivity contribution is -0.114. The van der Waals surface area contributed by atoms with Crippen LogP contribution in [0, 0.1) is 6.92 Å².